The van der Waals surface area contributed by atoms with Crippen LogP contribution in [0.1, 0.15) is 24.1 Å². The van der Waals surface area contributed by atoms with E-state index >= 15 is 0 Å². The van der Waals surface area contributed by atoms with Crippen LogP contribution in [-0.2, 0) is 11.8 Å². The number of aromatic nitrogens is 2. The molecule has 1 aliphatic rings. The van der Waals surface area contributed by atoms with Crippen LogP contribution in [-0.4, -0.2) is 44.9 Å². The lowest BCUT2D eigenvalue weighted by molar-refractivity contribution is -0.127. The standard InChI is InChI=1S/C13H18ClN3O2/c1-9-11(13(14)16(2)15-9)5-6-12(19)17-7-3-4-10(17)8-18/h5-6,10,18H,3-4,7-8H2,1-2H3. The molecule has 1 aliphatic heterocycles. The third-order valence-electron chi connectivity index (χ3n) is 3.46. The Hall–Kier alpha value is -1.33. The van der Waals surface area contributed by atoms with E-state index in [4.69, 9.17) is 11.6 Å². The Morgan fingerprint density at radius 1 is 1.63 bits per heavy atom. The number of aliphatic hydroxyl groups is 1. The Morgan fingerprint density at radius 2 is 2.37 bits per heavy atom. The smallest absolute Gasteiger partial charge is 0.246 e. The van der Waals surface area contributed by atoms with Gasteiger partial charge in [-0.3, -0.25) is 9.48 Å². The number of likely N-dealkylation sites (tertiary alicyclic amines) is 1. The van der Waals surface area contributed by atoms with E-state index in [1.165, 1.54) is 6.08 Å². The van der Waals surface area contributed by atoms with Crippen molar-refractivity contribution in [2.75, 3.05) is 13.2 Å². The number of carbonyl (C=O) groups is 1. The summed E-state index contributed by atoms with van der Waals surface area (Å²) in [6.07, 6.45) is 5.00. The minimum absolute atomic E-state index is 0.0201. The number of amides is 1. The Bertz CT molecular complexity index is 510. The molecule has 6 heteroatoms. The Balaban J connectivity index is 2.12. The van der Waals surface area contributed by atoms with E-state index in [0.29, 0.717) is 11.7 Å². The van der Waals surface area contributed by atoms with E-state index in [1.54, 1.807) is 22.7 Å². The topological polar surface area (TPSA) is 58.4 Å². The van der Waals surface area contributed by atoms with Crippen molar-refractivity contribution in [3.05, 3.63) is 22.5 Å². The van der Waals surface area contributed by atoms with Crippen LogP contribution in [0.15, 0.2) is 6.08 Å². The van der Waals surface area contributed by atoms with Gasteiger partial charge in [0.15, 0.2) is 0 Å². The molecule has 1 fully saturated rings. The molecule has 2 heterocycles. The molecule has 1 amide bonds. The van der Waals surface area contributed by atoms with Crippen LogP contribution in [0.3, 0.4) is 0 Å². The second-order valence-electron chi connectivity index (χ2n) is 4.76. The number of aliphatic hydroxyl groups excluding tert-OH is 1. The summed E-state index contributed by atoms with van der Waals surface area (Å²) in [6.45, 7) is 2.57. The minimum Gasteiger partial charge on any atom is -0.394 e. The molecule has 1 saturated heterocycles. The van der Waals surface area contributed by atoms with Crippen LogP contribution < -0.4 is 0 Å². The van der Waals surface area contributed by atoms with Gasteiger partial charge in [-0.05, 0) is 25.8 Å². The first kappa shape index (κ1) is 14.1. The van der Waals surface area contributed by atoms with Gasteiger partial charge in [0.1, 0.15) is 5.15 Å². The number of aryl methyl sites for hydroxylation is 2. The zero-order valence-corrected chi connectivity index (χ0v) is 11.9. The molecule has 19 heavy (non-hydrogen) atoms. The van der Waals surface area contributed by atoms with E-state index in [-0.39, 0.29) is 18.6 Å². The first-order valence-electron chi connectivity index (χ1n) is 6.33. The highest BCUT2D eigenvalue weighted by Crippen LogP contribution is 2.21. The molecule has 2 rings (SSSR count). The minimum atomic E-state index is -0.0872. The molecule has 0 aromatic carbocycles. The van der Waals surface area contributed by atoms with Gasteiger partial charge in [0, 0.05) is 25.2 Å². The molecule has 1 aromatic heterocycles. The van der Waals surface area contributed by atoms with Crippen LogP contribution in [0.2, 0.25) is 5.15 Å². The molecule has 5 nitrogen and oxygen atoms in total. The summed E-state index contributed by atoms with van der Waals surface area (Å²) in [6, 6.07) is -0.0531. The number of rotatable bonds is 3. The van der Waals surface area contributed by atoms with Crippen molar-refractivity contribution >= 4 is 23.6 Å². The zero-order chi connectivity index (χ0) is 14.0. The van der Waals surface area contributed by atoms with Crippen molar-refractivity contribution in [3.63, 3.8) is 0 Å². The Labute approximate surface area is 117 Å². The highest BCUT2D eigenvalue weighted by molar-refractivity contribution is 6.31. The molecule has 1 unspecified atom stereocenters. The first-order chi connectivity index (χ1) is 9.04. The van der Waals surface area contributed by atoms with Crippen molar-refractivity contribution in [1.29, 1.82) is 0 Å². The second kappa shape index (κ2) is 5.75. The summed E-state index contributed by atoms with van der Waals surface area (Å²) >= 11 is 6.10. The normalized spacial score (nSPS) is 19.6. The number of carbonyl (C=O) groups excluding carboxylic acids is 1. The molecule has 0 bridgehead atoms. The molecular formula is C13H18ClN3O2. The van der Waals surface area contributed by atoms with Gasteiger partial charge in [-0.1, -0.05) is 11.6 Å². The Kier molecular flexibility index (Phi) is 4.27. The molecular weight excluding hydrogens is 266 g/mol. The highest BCUT2D eigenvalue weighted by Gasteiger charge is 2.26. The maximum atomic E-state index is 12.1. The van der Waals surface area contributed by atoms with Crippen LogP contribution in [0, 0.1) is 6.92 Å². The second-order valence-corrected chi connectivity index (χ2v) is 5.12. The van der Waals surface area contributed by atoms with Gasteiger partial charge in [-0.15, -0.1) is 0 Å². The summed E-state index contributed by atoms with van der Waals surface area (Å²) in [4.78, 5) is 13.8. The van der Waals surface area contributed by atoms with Gasteiger partial charge in [0.25, 0.3) is 0 Å². The molecule has 0 radical (unpaired) electrons. The van der Waals surface area contributed by atoms with Gasteiger partial charge in [0.2, 0.25) is 5.91 Å². The third-order valence-corrected chi connectivity index (χ3v) is 3.91. The van der Waals surface area contributed by atoms with E-state index in [2.05, 4.69) is 5.10 Å². The Morgan fingerprint density at radius 3 is 2.95 bits per heavy atom. The largest absolute Gasteiger partial charge is 0.394 e. The van der Waals surface area contributed by atoms with Crippen LogP contribution in [0.4, 0.5) is 0 Å². The van der Waals surface area contributed by atoms with E-state index in [1.807, 2.05) is 6.92 Å². The molecule has 104 valence electrons. The molecule has 0 aliphatic carbocycles. The lowest BCUT2D eigenvalue weighted by Gasteiger charge is -2.21. The van der Waals surface area contributed by atoms with Gasteiger partial charge in [-0.25, -0.2) is 0 Å². The summed E-state index contributed by atoms with van der Waals surface area (Å²) in [5.74, 6) is -0.0872. The molecule has 1 atom stereocenters. The van der Waals surface area contributed by atoms with Crippen molar-refractivity contribution < 1.29 is 9.90 Å². The maximum Gasteiger partial charge on any atom is 0.246 e. The lowest BCUT2D eigenvalue weighted by Crippen LogP contribution is -2.36. The first-order valence-corrected chi connectivity index (χ1v) is 6.71. The average Bonchev–Trinajstić information content (AvgIpc) is 2.94. The summed E-state index contributed by atoms with van der Waals surface area (Å²) in [5.41, 5.74) is 1.55. The van der Waals surface area contributed by atoms with Crippen molar-refractivity contribution in [2.24, 2.45) is 7.05 Å². The van der Waals surface area contributed by atoms with E-state index < -0.39 is 0 Å². The number of nitrogens with zero attached hydrogens (tertiary/aromatic N) is 3. The predicted octanol–water partition coefficient (Wildman–Crippen LogP) is 1.38. The van der Waals surface area contributed by atoms with Crippen molar-refractivity contribution in [3.8, 4) is 0 Å². The SMILES string of the molecule is Cc1nn(C)c(Cl)c1C=CC(=O)N1CCCC1CO. The van der Waals surface area contributed by atoms with Gasteiger partial charge >= 0.3 is 0 Å². The molecule has 1 aromatic rings. The summed E-state index contributed by atoms with van der Waals surface area (Å²) in [5, 5.41) is 13.9. The van der Waals surface area contributed by atoms with Crippen LogP contribution in [0.25, 0.3) is 6.08 Å². The van der Waals surface area contributed by atoms with Gasteiger partial charge < -0.3 is 10.0 Å². The summed E-state index contributed by atoms with van der Waals surface area (Å²) in [7, 11) is 1.76. The fourth-order valence-corrected chi connectivity index (χ4v) is 2.64. The fraction of sp³-hybridized carbons (Fsp3) is 0.538. The fourth-order valence-electron chi connectivity index (χ4n) is 2.40. The monoisotopic (exact) mass is 283 g/mol. The highest BCUT2D eigenvalue weighted by atomic mass is 35.5. The molecule has 0 spiro atoms. The number of halogens is 1. The van der Waals surface area contributed by atoms with Crippen molar-refractivity contribution in [1.82, 2.24) is 14.7 Å². The van der Waals surface area contributed by atoms with E-state index in [9.17, 15) is 9.90 Å². The van der Waals surface area contributed by atoms with Crippen molar-refractivity contribution in [2.45, 2.75) is 25.8 Å². The summed E-state index contributed by atoms with van der Waals surface area (Å²) < 4.78 is 1.58. The maximum absolute atomic E-state index is 12.1. The van der Waals surface area contributed by atoms with Gasteiger partial charge in [0.05, 0.1) is 18.3 Å². The molecule has 1 N–H and O–H groups in total. The quantitative estimate of drug-likeness (QED) is 0.853. The number of hydrogen-bond acceptors (Lipinski definition) is 3. The zero-order valence-electron chi connectivity index (χ0n) is 11.1. The lowest BCUT2D eigenvalue weighted by atomic mass is 10.2. The average molecular weight is 284 g/mol. The third kappa shape index (κ3) is 2.82. The van der Waals surface area contributed by atoms with Crippen LogP contribution in [0.5, 0.6) is 0 Å². The van der Waals surface area contributed by atoms with Gasteiger partial charge in [-0.2, -0.15) is 5.10 Å². The van der Waals surface area contributed by atoms with E-state index in [0.717, 1.165) is 24.1 Å². The molecule has 0 saturated carbocycles. The number of hydrogen-bond donors (Lipinski definition) is 1. The van der Waals surface area contributed by atoms with Crippen LogP contribution >= 0.6 is 11.6 Å². The predicted molar refractivity (Wildman–Crippen MR) is 73.8 cm³/mol.